The number of hydrogen-bond acceptors (Lipinski definition) is 4. The van der Waals surface area contributed by atoms with Gasteiger partial charge in [-0.05, 0) is 45.4 Å². The molecule has 0 aliphatic heterocycles. The van der Waals surface area contributed by atoms with Crippen LogP contribution in [0.2, 0.25) is 5.02 Å². The molecule has 0 radical (unpaired) electrons. The van der Waals surface area contributed by atoms with Gasteiger partial charge in [-0.25, -0.2) is 4.98 Å². The van der Waals surface area contributed by atoms with E-state index in [0.717, 1.165) is 46.2 Å². The summed E-state index contributed by atoms with van der Waals surface area (Å²) in [6, 6.07) is 5.72. The fourth-order valence-electron chi connectivity index (χ4n) is 3.00. The number of thioether (sulfide) groups is 1. The van der Waals surface area contributed by atoms with Crippen molar-refractivity contribution in [2.24, 2.45) is 7.05 Å². The third kappa shape index (κ3) is 3.99. The monoisotopic (exact) mass is 405 g/mol. The zero-order valence-electron chi connectivity index (χ0n) is 16.2. The van der Waals surface area contributed by atoms with Gasteiger partial charge in [0.1, 0.15) is 0 Å². The number of amides is 1. The van der Waals surface area contributed by atoms with Crippen molar-refractivity contribution in [3.63, 3.8) is 0 Å². The molecule has 0 saturated carbocycles. The second-order valence-corrected chi connectivity index (χ2v) is 8.34. The van der Waals surface area contributed by atoms with Crippen LogP contribution in [-0.2, 0) is 18.4 Å². The number of halogens is 1. The van der Waals surface area contributed by atoms with Crippen molar-refractivity contribution in [1.29, 1.82) is 0 Å². The van der Waals surface area contributed by atoms with Gasteiger partial charge in [-0.1, -0.05) is 30.3 Å². The zero-order valence-corrected chi connectivity index (χ0v) is 17.8. The smallest absolute Gasteiger partial charge is 0.237 e. The molecule has 144 valence electrons. The summed E-state index contributed by atoms with van der Waals surface area (Å²) >= 11 is 7.56. The van der Waals surface area contributed by atoms with Crippen molar-refractivity contribution >= 4 is 46.0 Å². The Bertz CT molecular complexity index is 994. The molecule has 6 nitrogen and oxygen atoms in total. The quantitative estimate of drug-likeness (QED) is 0.610. The third-order valence-electron chi connectivity index (χ3n) is 4.53. The average molecular weight is 406 g/mol. The van der Waals surface area contributed by atoms with E-state index in [-0.39, 0.29) is 11.2 Å². The first-order chi connectivity index (χ1) is 12.8. The average Bonchev–Trinajstić information content (AvgIpc) is 3.06. The van der Waals surface area contributed by atoms with Crippen LogP contribution in [0.5, 0.6) is 0 Å². The van der Waals surface area contributed by atoms with Crippen LogP contribution in [0, 0.1) is 13.8 Å². The summed E-state index contributed by atoms with van der Waals surface area (Å²) in [7, 11) is 1.87. The molecule has 3 aromatic rings. The lowest BCUT2D eigenvalue weighted by atomic mass is 10.3. The number of nitrogens with zero attached hydrogens (tertiary/aromatic N) is 4. The highest BCUT2D eigenvalue weighted by Crippen LogP contribution is 2.30. The first kappa shape index (κ1) is 19.8. The molecule has 1 N–H and O–H groups in total. The van der Waals surface area contributed by atoms with Crippen LogP contribution in [0.3, 0.4) is 0 Å². The number of hydrogen-bond donors (Lipinski definition) is 1. The van der Waals surface area contributed by atoms with E-state index in [1.54, 1.807) is 4.68 Å². The van der Waals surface area contributed by atoms with Crippen molar-refractivity contribution in [2.45, 2.75) is 51.1 Å². The molecule has 0 aliphatic rings. The normalized spacial score (nSPS) is 12.5. The zero-order chi connectivity index (χ0) is 19.7. The molecule has 0 aliphatic carbocycles. The maximum absolute atomic E-state index is 12.7. The largest absolute Gasteiger partial charge is 0.322 e. The van der Waals surface area contributed by atoms with E-state index >= 15 is 0 Å². The minimum absolute atomic E-state index is 0.0627. The Morgan fingerprint density at radius 3 is 2.74 bits per heavy atom. The number of carbonyl (C=O) groups is 1. The summed E-state index contributed by atoms with van der Waals surface area (Å²) in [4.78, 5) is 17.4. The van der Waals surface area contributed by atoms with Crippen molar-refractivity contribution in [1.82, 2.24) is 19.3 Å². The molecule has 27 heavy (non-hydrogen) atoms. The van der Waals surface area contributed by atoms with Gasteiger partial charge in [0.05, 0.1) is 33.4 Å². The highest BCUT2D eigenvalue weighted by molar-refractivity contribution is 8.00. The first-order valence-electron chi connectivity index (χ1n) is 8.95. The topological polar surface area (TPSA) is 64.7 Å². The highest BCUT2D eigenvalue weighted by Gasteiger charge is 2.21. The van der Waals surface area contributed by atoms with E-state index in [9.17, 15) is 4.79 Å². The molecule has 1 aromatic carbocycles. The first-order valence-corrected chi connectivity index (χ1v) is 10.2. The second kappa shape index (κ2) is 7.94. The van der Waals surface area contributed by atoms with Crippen LogP contribution in [0.1, 0.15) is 31.7 Å². The van der Waals surface area contributed by atoms with Crippen LogP contribution in [-0.4, -0.2) is 30.5 Å². The number of benzene rings is 1. The van der Waals surface area contributed by atoms with E-state index in [4.69, 9.17) is 16.6 Å². The summed E-state index contributed by atoms with van der Waals surface area (Å²) in [6.07, 6.45) is 0.982. The summed E-state index contributed by atoms with van der Waals surface area (Å²) in [6.45, 7) is 8.70. The molecule has 1 unspecified atom stereocenters. The number of anilines is 1. The maximum Gasteiger partial charge on any atom is 0.237 e. The maximum atomic E-state index is 12.7. The van der Waals surface area contributed by atoms with Gasteiger partial charge < -0.3 is 9.88 Å². The minimum Gasteiger partial charge on any atom is -0.322 e. The fraction of sp³-hybridized carbons (Fsp3) is 0.421. The Balaban J connectivity index is 1.83. The molecule has 0 bridgehead atoms. The van der Waals surface area contributed by atoms with Crippen molar-refractivity contribution in [3.8, 4) is 0 Å². The summed E-state index contributed by atoms with van der Waals surface area (Å²) in [5.41, 5.74) is 4.42. The van der Waals surface area contributed by atoms with Gasteiger partial charge in [0.2, 0.25) is 5.91 Å². The van der Waals surface area contributed by atoms with E-state index in [0.29, 0.717) is 5.02 Å². The number of carbonyl (C=O) groups excluding carboxylic acids is 1. The number of aryl methyl sites for hydroxylation is 3. The second-order valence-electron chi connectivity index (χ2n) is 6.60. The highest BCUT2D eigenvalue weighted by atomic mass is 35.5. The summed E-state index contributed by atoms with van der Waals surface area (Å²) < 4.78 is 3.92. The van der Waals surface area contributed by atoms with Gasteiger partial charge in [0.15, 0.2) is 5.16 Å². The lowest BCUT2D eigenvalue weighted by molar-refractivity contribution is -0.115. The Hall–Kier alpha value is -1.99. The van der Waals surface area contributed by atoms with E-state index in [1.165, 1.54) is 11.8 Å². The standard InChI is InChI=1S/C19H24ClN5OS/c1-6-9-25-16-8-7-14(20)10-15(16)21-19(25)27-13(4)18(26)22-17-11(2)23-24(5)12(17)3/h7-8,10,13H,6,9H2,1-5H3,(H,22,26). The van der Waals surface area contributed by atoms with Gasteiger partial charge in [0, 0.05) is 18.6 Å². The molecule has 2 heterocycles. The number of fused-ring (bicyclic) bond motifs is 1. The Morgan fingerprint density at radius 1 is 1.37 bits per heavy atom. The third-order valence-corrected chi connectivity index (χ3v) is 5.86. The Morgan fingerprint density at radius 2 is 2.11 bits per heavy atom. The van der Waals surface area contributed by atoms with E-state index in [1.807, 2.05) is 46.0 Å². The minimum atomic E-state index is -0.299. The lowest BCUT2D eigenvalue weighted by Gasteiger charge is -2.13. The number of rotatable bonds is 6. The molecule has 0 spiro atoms. The van der Waals surface area contributed by atoms with Crippen molar-refractivity contribution in [3.05, 3.63) is 34.6 Å². The Kier molecular flexibility index (Phi) is 5.81. The van der Waals surface area contributed by atoms with Crippen molar-refractivity contribution < 1.29 is 4.79 Å². The molecular formula is C19H24ClN5OS. The molecule has 1 atom stereocenters. The predicted octanol–water partition coefficient (Wildman–Crippen LogP) is 4.57. The molecule has 0 saturated heterocycles. The van der Waals surface area contributed by atoms with Gasteiger partial charge >= 0.3 is 0 Å². The molecule has 8 heteroatoms. The SMILES string of the molecule is CCCn1c(SC(C)C(=O)Nc2c(C)nn(C)c2C)nc2cc(Cl)ccc21. The molecule has 3 rings (SSSR count). The van der Waals surface area contributed by atoms with Crippen molar-refractivity contribution in [2.75, 3.05) is 5.32 Å². The van der Waals surface area contributed by atoms with Crippen LogP contribution in [0.4, 0.5) is 5.69 Å². The Labute approximate surface area is 168 Å². The molecule has 1 amide bonds. The number of imidazole rings is 1. The number of nitrogens with one attached hydrogen (secondary N) is 1. The lowest BCUT2D eigenvalue weighted by Crippen LogP contribution is -2.23. The van der Waals surface area contributed by atoms with Crippen LogP contribution < -0.4 is 5.32 Å². The van der Waals surface area contributed by atoms with E-state index in [2.05, 4.69) is 21.9 Å². The summed E-state index contributed by atoms with van der Waals surface area (Å²) in [5, 5.41) is 8.55. The van der Waals surface area contributed by atoms with E-state index < -0.39 is 0 Å². The van der Waals surface area contributed by atoms with Crippen LogP contribution in [0.25, 0.3) is 11.0 Å². The predicted molar refractivity (Wildman–Crippen MR) is 112 cm³/mol. The van der Waals surface area contributed by atoms with Crippen LogP contribution in [0.15, 0.2) is 23.4 Å². The summed E-state index contributed by atoms with van der Waals surface area (Å²) in [5.74, 6) is -0.0627. The number of aromatic nitrogens is 4. The van der Waals surface area contributed by atoms with Gasteiger partial charge in [-0.2, -0.15) is 5.10 Å². The van der Waals surface area contributed by atoms with Crippen LogP contribution >= 0.6 is 23.4 Å². The molecular weight excluding hydrogens is 382 g/mol. The van der Waals surface area contributed by atoms with Gasteiger partial charge in [0.25, 0.3) is 0 Å². The van der Waals surface area contributed by atoms with Gasteiger partial charge in [-0.15, -0.1) is 0 Å². The molecule has 0 fully saturated rings. The molecule has 2 aromatic heterocycles. The van der Waals surface area contributed by atoms with Gasteiger partial charge in [-0.3, -0.25) is 9.48 Å². The fourth-order valence-corrected chi connectivity index (χ4v) is 4.12.